The Labute approximate surface area is 159 Å². The molecule has 5 heteroatoms. The second-order valence-electron chi connectivity index (χ2n) is 6.91. The molecule has 0 spiro atoms. The summed E-state index contributed by atoms with van der Waals surface area (Å²) in [7, 11) is 0. The number of hydrogen-bond donors (Lipinski definition) is 1. The van der Waals surface area contributed by atoms with Gasteiger partial charge < -0.3 is 14.8 Å². The van der Waals surface area contributed by atoms with E-state index in [1.54, 1.807) is 0 Å². The van der Waals surface area contributed by atoms with Gasteiger partial charge in [0.25, 0.3) is 0 Å². The molecule has 138 valence electrons. The van der Waals surface area contributed by atoms with Gasteiger partial charge in [-0.05, 0) is 48.2 Å². The zero-order chi connectivity index (χ0) is 18.7. The van der Waals surface area contributed by atoms with Crippen molar-refractivity contribution in [3.05, 3.63) is 58.6 Å². The van der Waals surface area contributed by atoms with Gasteiger partial charge in [0, 0.05) is 5.02 Å². The molecule has 4 nitrogen and oxygen atoms in total. The van der Waals surface area contributed by atoms with Gasteiger partial charge in [0.2, 0.25) is 5.91 Å². The van der Waals surface area contributed by atoms with E-state index >= 15 is 0 Å². The van der Waals surface area contributed by atoms with Crippen molar-refractivity contribution < 1.29 is 14.3 Å². The zero-order valence-electron chi connectivity index (χ0n) is 15.3. The molecule has 3 rings (SSSR count). The molecule has 2 atom stereocenters. The fraction of sp³-hybridized carbons (Fsp3) is 0.381. The Morgan fingerprint density at radius 3 is 2.23 bits per heavy atom. The van der Waals surface area contributed by atoms with E-state index in [-0.39, 0.29) is 23.8 Å². The highest BCUT2D eigenvalue weighted by Crippen LogP contribution is 2.33. The molecule has 2 aromatic rings. The van der Waals surface area contributed by atoms with E-state index in [4.69, 9.17) is 21.1 Å². The van der Waals surface area contributed by atoms with Gasteiger partial charge in [0.05, 0.1) is 12.0 Å². The molecule has 0 radical (unpaired) electrons. The van der Waals surface area contributed by atoms with Crippen molar-refractivity contribution in [2.45, 2.75) is 32.7 Å². The number of carbonyl (C=O) groups is 1. The molecule has 0 fully saturated rings. The first-order valence-corrected chi connectivity index (χ1v) is 9.29. The largest absolute Gasteiger partial charge is 0.486 e. The standard InChI is InChI=1S/C21H24ClNO3/c1-13(2)20(15-4-7-17(22)8-5-15)21(24)23-14(3)16-6-9-18-19(12-16)26-11-10-25-18/h4-9,12-14,20H,10-11H2,1-3H3,(H,23,24)/t14-,20-/m0/s1. The van der Waals surface area contributed by atoms with E-state index in [9.17, 15) is 4.79 Å². The van der Waals surface area contributed by atoms with Gasteiger partial charge in [-0.1, -0.05) is 43.6 Å². The van der Waals surface area contributed by atoms with Gasteiger partial charge in [0.1, 0.15) is 13.2 Å². The van der Waals surface area contributed by atoms with Crippen molar-refractivity contribution >= 4 is 17.5 Å². The predicted molar refractivity (Wildman–Crippen MR) is 103 cm³/mol. The summed E-state index contributed by atoms with van der Waals surface area (Å²) in [5, 5.41) is 3.80. The van der Waals surface area contributed by atoms with E-state index in [1.807, 2.05) is 63.2 Å². The Bertz CT molecular complexity index is 773. The summed E-state index contributed by atoms with van der Waals surface area (Å²) in [6.45, 7) is 7.18. The highest BCUT2D eigenvalue weighted by atomic mass is 35.5. The minimum Gasteiger partial charge on any atom is -0.486 e. The number of ether oxygens (including phenoxy) is 2. The van der Waals surface area contributed by atoms with Crippen LogP contribution in [0.1, 0.15) is 43.9 Å². The van der Waals surface area contributed by atoms with Gasteiger partial charge in [-0.15, -0.1) is 0 Å². The van der Waals surface area contributed by atoms with Crippen LogP contribution in [0.3, 0.4) is 0 Å². The highest BCUT2D eigenvalue weighted by molar-refractivity contribution is 6.30. The first kappa shape index (κ1) is 18.6. The molecule has 0 saturated carbocycles. The van der Waals surface area contributed by atoms with Crippen LogP contribution in [0.25, 0.3) is 0 Å². The third-order valence-corrected chi connectivity index (χ3v) is 4.86. The topological polar surface area (TPSA) is 47.6 Å². The van der Waals surface area contributed by atoms with Crippen LogP contribution in [0.4, 0.5) is 0 Å². The summed E-state index contributed by atoms with van der Waals surface area (Å²) in [4.78, 5) is 12.9. The molecular weight excluding hydrogens is 350 g/mol. The van der Waals surface area contributed by atoms with Crippen LogP contribution < -0.4 is 14.8 Å². The highest BCUT2D eigenvalue weighted by Gasteiger charge is 2.26. The van der Waals surface area contributed by atoms with Crippen molar-refractivity contribution in [2.75, 3.05) is 13.2 Å². The molecule has 0 aliphatic carbocycles. The van der Waals surface area contributed by atoms with Gasteiger partial charge in [0.15, 0.2) is 11.5 Å². The summed E-state index contributed by atoms with van der Waals surface area (Å²) in [6, 6.07) is 13.1. The van der Waals surface area contributed by atoms with Crippen LogP contribution in [0.15, 0.2) is 42.5 Å². The van der Waals surface area contributed by atoms with Crippen molar-refractivity contribution in [3.63, 3.8) is 0 Å². The molecule has 0 saturated heterocycles. The molecule has 1 aliphatic heterocycles. The SMILES string of the molecule is CC(C)[C@H](C(=O)N[C@@H](C)c1ccc2c(c1)OCCO2)c1ccc(Cl)cc1. The van der Waals surface area contributed by atoms with Crippen LogP contribution >= 0.6 is 11.6 Å². The zero-order valence-corrected chi connectivity index (χ0v) is 16.0. The van der Waals surface area contributed by atoms with Crippen molar-refractivity contribution in [1.29, 1.82) is 0 Å². The number of halogens is 1. The maximum Gasteiger partial charge on any atom is 0.228 e. The second kappa shape index (κ2) is 8.00. The number of fused-ring (bicyclic) bond motifs is 1. The van der Waals surface area contributed by atoms with Crippen molar-refractivity contribution in [3.8, 4) is 11.5 Å². The molecule has 0 unspecified atom stereocenters. The van der Waals surface area contributed by atoms with Gasteiger partial charge in [-0.25, -0.2) is 0 Å². The lowest BCUT2D eigenvalue weighted by molar-refractivity contribution is -0.124. The van der Waals surface area contributed by atoms with E-state index in [0.29, 0.717) is 18.2 Å². The molecule has 1 aliphatic rings. The minimum atomic E-state index is -0.230. The maximum absolute atomic E-state index is 12.9. The summed E-state index contributed by atoms with van der Waals surface area (Å²) in [5.41, 5.74) is 1.96. The number of benzene rings is 2. The fourth-order valence-corrected chi connectivity index (χ4v) is 3.35. The number of amides is 1. The fourth-order valence-electron chi connectivity index (χ4n) is 3.22. The third kappa shape index (κ3) is 4.13. The number of carbonyl (C=O) groups excluding carboxylic acids is 1. The average molecular weight is 374 g/mol. The first-order chi connectivity index (χ1) is 12.5. The van der Waals surface area contributed by atoms with Crippen molar-refractivity contribution in [1.82, 2.24) is 5.32 Å². The predicted octanol–water partition coefficient (Wildman–Crippen LogP) is 4.73. The summed E-state index contributed by atoms with van der Waals surface area (Å²) < 4.78 is 11.2. The number of nitrogens with one attached hydrogen (secondary N) is 1. The molecule has 1 heterocycles. The molecule has 0 bridgehead atoms. The Morgan fingerprint density at radius 1 is 0.962 bits per heavy atom. The van der Waals surface area contributed by atoms with Crippen LogP contribution in [0.5, 0.6) is 11.5 Å². The van der Waals surface area contributed by atoms with E-state index in [2.05, 4.69) is 5.32 Å². The lowest BCUT2D eigenvalue weighted by Crippen LogP contribution is -2.34. The quantitative estimate of drug-likeness (QED) is 0.824. The Hall–Kier alpha value is -2.20. The molecule has 0 aromatic heterocycles. The van der Waals surface area contributed by atoms with Gasteiger partial charge >= 0.3 is 0 Å². The second-order valence-corrected chi connectivity index (χ2v) is 7.34. The van der Waals surface area contributed by atoms with Crippen LogP contribution in [0.2, 0.25) is 5.02 Å². The maximum atomic E-state index is 12.9. The van der Waals surface area contributed by atoms with Crippen molar-refractivity contribution in [2.24, 2.45) is 5.92 Å². The first-order valence-electron chi connectivity index (χ1n) is 8.91. The summed E-state index contributed by atoms with van der Waals surface area (Å²) in [6.07, 6.45) is 0. The molecular formula is C21H24ClNO3. The normalized spacial score (nSPS) is 15.4. The van der Waals surface area contributed by atoms with Gasteiger partial charge in [-0.3, -0.25) is 4.79 Å². The Balaban J connectivity index is 1.75. The lowest BCUT2D eigenvalue weighted by Gasteiger charge is -2.25. The Morgan fingerprint density at radius 2 is 1.58 bits per heavy atom. The monoisotopic (exact) mass is 373 g/mol. The summed E-state index contributed by atoms with van der Waals surface area (Å²) >= 11 is 5.98. The number of rotatable bonds is 5. The molecule has 26 heavy (non-hydrogen) atoms. The van der Waals surface area contributed by atoms with E-state index in [1.165, 1.54) is 0 Å². The Kier molecular flexibility index (Phi) is 5.72. The van der Waals surface area contributed by atoms with Crippen LogP contribution in [-0.4, -0.2) is 19.1 Å². The lowest BCUT2D eigenvalue weighted by atomic mass is 9.87. The minimum absolute atomic E-state index is 0.00436. The van der Waals surface area contributed by atoms with E-state index < -0.39 is 0 Å². The van der Waals surface area contributed by atoms with Crippen LogP contribution in [0, 0.1) is 5.92 Å². The smallest absolute Gasteiger partial charge is 0.228 e. The summed E-state index contributed by atoms with van der Waals surface area (Å²) in [5.74, 6) is 1.42. The van der Waals surface area contributed by atoms with E-state index in [0.717, 1.165) is 22.6 Å². The third-order valence-electron chi connectivity index (χ3n) is 4.60. The van der Waals surface area contributed by atoms with Gasteiger partial charge in [-0.2, -0.15) is 0 Å². The average Bonchev–Trinajstić information content (AvgIpc) is 2.62. The molecule has 1 amide bonds. The molecule has 1 N–H and O–H groups in total. The number of hydrogen-bond acceptors (Lipinski definition) is 3. The van der Waals surface area contributed by atoms with Crippen LogP contribution in [-0.2, 0) is 4.79 Å². The molecule has 2 aromatic carbocycles.